The van der Waals surface area contributed by atoms with E-state index in [4.69, 9.17) is 0 Å². The van der Waals surface area contributed by atoms with Crippen molar-refractivity contribution in [2.45, 2.75) is 19.8 Å². The standard InChI is InChI=1S/C8H13N/c1-7-5-8-3-2-4-9(8)6-7/h3,7H,2,4-6H2,1H3/t7-/m0/s1. The fourth-order valence-corrected chi connectivity index (χ4v) is 1.88. The molecule has 9 heavy (non-hydrogen) atoms. The van der Waals surface area contributed by atoms with Crippen LogP contribution in [0.1, 0.15) is 19.8 Å². The van der Waals surface area contributed by atoms with Gasteiger partial charge in [0, 0.05) is 18.8 Å². The van der Waals surface area contributed by atoms with E-state index >= 15 is 0 Å². The Balaban J connectivity index is 2.15. The van der Waals surface area contributed by atoms with Gasteiger partial charge in [-0.15, -0.1) is 0 Å². The predicted molar refractivity (Wildman–Crippen MR) is 38.1 cm³/mol. The quantitative estimate of drug-likeness (QED) is 0.473. The van der Waals surface area contributed by atoms with Crippen LogP contribution in [0.2, 0.25) is 0 Å². The molecule has 0 aromatic heterocycles. The molecule has 0 N–H and O–H groups in total. The van der Waals surface area contributed by atoms with E-state index < -0.39 is 0 Å². The van der Waals surface area contributed by atoms with Crippen LogP contribution in [0, 0.1) is 5.92 Å². The second-order valence-electron chi connectivity index (χ2n) is 3.24. The van der Waals surface area contributed by atoms with Crippen LogP contribution in [-0.2, 0) is 0 Å². The number of fused-ring (bicyclic) bond motifs is 1. The average Bonchev–Trinajstić information content (AvgIpc) is 2.22. The highest BCUT2D eigenvalue weighted by Gasteiger charge is 2.24. The van der Waals surface area contributed by atoms with Gasteiger partial charge in [-0.25, -0.2) is 0 Å². The van der Waals surface area contributed by atoms with Crippen LogP contribution in [0.3, 0.4) is 0 Å². The summed E-state index contributed by atoms with van der Waals surface area (Å²) < 4.78 is 0. The lowest BCUT2D eigenvalue weighted by atomic mass is 10.1. The van der Waals surface area contributed by atoms with Crippen LogP contribution in [0.5, 0.6) is 0 Å². The van der Waals surface area contributed by atoms with Crippen molar-refractivity contribution in [3.05, 3.63) is 11.8 Å². The van der Waals surface area contributed by atoms with E-state index in [9.17, 15) is 0 Å². The normalized spacial score (nSPS) is 32.8. The largest absolute Gasteiger partial charge is 0.374 e. The molecule has 2 aliphatic rings. The minimum absolute atomic E-state index is 0.913. The summed E-state index contributed by atoms with van der Waals surface area (Å²) in [7, 11) is 0. The maximum atomic E-state index is 2.52. The first-order valence-electron chi connectivity index (χ1n) is 3.80. The zero-order valence-corrected chi connectivity index (χ0v) is 5.93. The second kappa shape index (κ2) is 1.76. The summed E-state index contributed by atoms with van der Waals surface area (Å²) in [5.74, 6) is 0.913. The van der Waals surface area contributed by atoms with E-state index in [0.29, 0.717) is 0 Å². The van der Waals surface area contributed by atoms with Crippen LogP contribution in [0.15, 0.2) is 11.8 Å². The molecule has 0 unspecified atom stereocenters. The molecule has 2 heterocycles. The van der Waals surface area contributed by atoms with Crippen molar-refractivity contribution in [3.63, 3.8) is 0 Å². The van der Waals surface area contributed by atoms with Crippen LogP contribution in [-0.4, -0.2) is 18.0 Å². The SMILES string of the molecule is C[C@H]1CC2=CCCN2C1. The van der Waals surface area contributed by atoms with Gasteiger partial charge in [0.1, 0.15) is 0 Å². The minimum Gasteiger partial charge on any atom is -0.374 e. The first-order valence-corrected chi connectivity index (χ1v) is 3.80. The Bertz CT molecular complexity index is 149. The average molecular weight is 123 g/mol. The van der Waals surface area contributed by atoms with Crippen molar-refractivity contribution in [1.82, 2.24) is 4.90 Å². The molecule has 0 saturated carbocycles. The van der Waals surface area contributed by atoms with Crippen LogP contribution < -0.4 is 0 Å². The maximum absolute atomic E-state index is 2.52. The highest BCUT2D eigenvalue weighted by Crippen LogP contribution is 2.29. The van der Waals surface area contributed by atoms with Gasteiger partial charge in [0.25, 0.3) is 0 Å². The van der Waals surface area contributed by atoms with Crippen molar-refractivity contribution < 1.29 is 0 Å². The molecule has 0 amide bonds. The van der Waals surface area contributed by atoms with E-state index in [-0.39, 0.29) is 0 Å². The highest BCUT2D eigenvalue weighted by atomic mass is 15.2. The van der Waals surface area contributed by atoms with Crippen molar-refractivity contribution in [2.75, 3.05) is 13.1 Å². The Morgan fingerprint density at radius 2 is 2.56 bits per heavy atom. The van der Waals surface area contributed by atoms with Gasteiger partial charge in [-0.3, -0.25) is 0 Å². The molecule has 0 aliphatic carbocycles. The van der Waals surface area contributed by atoms with Gasteiger partial charge in [0.2, 0.25) is 0 Å². The topological polar surface area (TPSA) is 3.24 Å². The number of hydrogen-bond donors (Lipinski definition) is 0. The Labute approximate surface area is 56.4 Å². The van der Waals surface area contributed by atoms with Crippen LogP contribution >= 0.6 is 0 Å². The molecule has 2 rings (SSSR count). The smallest absolute Gasteiger partial charge is 0.0210 e. The van der Waals surface area contributed by atoms with Gasteiger partial charge in [0.05, 0.1) is 0 Å². The lowest BCUT2D eigenvalue weighted by molar-refractivity contribution is 0.399. The Kier molecular flexibility index (Phi) is 1.04. The first-order chi connectivity index (χ1) is 4.36. The molecule has 2 aliphatic heterocycles. The van der Waals surface area contributed by atoms with E-state index in [2.05, 4.69) is 17.9 Å². The molecule has 1 nitrogen and oxygen atoms in total. The summed E-state index contributed by atoms with van der Waals surface area (Å²) in [6.45, 7) is 4.94. The lowest BCUT2D eigenvalue weighted by Crippen LogP contribution is -2.15. The predicted octanol–water partition coefficient (Wildman–Crippen LogP) is 1.62. The van der Waals surface area contributed by atoms with Crippen LogP contribution in [0.4, 0.5) is 0 Å². The van der Waals surface area contributed by atoms with Gasteiger partial charge in [-0.1, -0.05) is 13.0 Å². The van der Waals surface area contributed by atoms with Gasteiger partial charge >= 0.3 is 0 Å². The Hall–Kier alpha value is -0.460. The highest BCUT2D eigenvalue weighted by molar-refractivity contribution is 5.12. The van der Waals surface area contributed by atoms with Crippen molar-refractivity contribution in [2.24, 2.45) is 5.92 Å². The van der Waals surface area contributed by atoms with Gasteiger partial charge in [0.15, 0.2) is 0 Å². The summed E-state index contributed by atoms with van der Waals surface area (Å²) in [6, 6.07) is 0. The third-order valence-electron chi connectivity index (χ3n) is 2.27. The number of nitrogens with zero attached hydrogens (tertiary/aromatic N) is 1. The third kappa shape index (κ3) is 0.752. The van der Waals surface area contributed by atoms with E-state index in [1.54, 1.807) is 5.70 Å². The zero-order valence-electron chi connectivity index (χ0n) is 5.93. The number of rotatable bonds is 0. The van der Waals surface area contributed by atoms with E-state index in [1.807, 2.05) is 0 Å². The summed E-state index contributed by atoms with van der Waals surface area (Å²) in [5, 5.41) is 0. The summed E-state index contributed by atoms with van der Waals surface area (Å²) in [5.41, 5.74) is 1.61. The monoisotopic (exact) mass is 123 g/mol. The van der Waals surface area contributed by atoms with Gasteiger partial charge < -0.3 is 4.90 Å². The summed E-state index contributed by atoms with van der Waals surface area (Å²) >= 11 is 0. The fourth-order valence-electron chi connectivity index (χ4n) is 1.88. The molecule has 0 aromatic carbocycles. The number of hydrogen-bond acceptors (Lipinski definition) is 1. The van der Waals surface area contributed by atoms with E-state index in [0.717, 1.165) is 5.92 Å². The molecule has 0 aromatic rings. The first kappa shape index (κ1) is 5.33. The van der Waals surface area contributed by atoms with Crippen LogP contribution in [0.25, 0.3) is 0 Å². The van der Waals surface area contributed by atoms with Crippen molar-refractivity contribution in [1.29, 1.82) is 0 Å². The van der Waals surface area contributed by atoms with Crippen molar-refractivity contribution in [3.8, 4) is 0 Å². The third-order valence-corrected chi connectivity index (χ3v) is 2.27. The van der Waals surface area contributed by atoms with Crippen molar-refractivity contribution >= 4 is 0 Å². The van der Waals surface area contributed by atoms with Gasteiger partial charge in [-0.05, 0) is 18.8 Å². The molecule has 0 radical (unpaired) electrons. The number of allylic oxidation sites excluding steroid dienone is 1. The molecule has 0 spiro atoms. The molecule has 0 bridgehead atoms. The molecule has 1 atom stereocenters. The van der Waals surface area contributed by atoms with Gasteiger partial charge in [-0.2, -0.15) is 0 Å². The molecule has 1 saturated heterocycles. The lowest BCUT2D eigenvalue weighted by Gasteiger charge is -2.12. The Morgan fingerprint density at radius 3 is 3.33 bits per heavy atom. The fraction of sp³-hybridized carbons (Fsp3) is 0.750. The molecule has 1 fully saturated rings. The van der Waals surface area contributed by atoms with E-state index in [1.165, 1.54) is 25.9 Å². The summed E-state index contributed by atoms with van der Waals surface area (Å²) in [6.07, 6.45) is 5.02. The molecular weight excluding hydrogens is 110 g/mol. The molecule has 50 valence electrons. The summed E-state index contributed by atoms with van der Waals surface area (Å²) in [4.78, 5) is 2.52. The zero-order chi connectivity index (χ0) is 6.27. The maximum Gasteiger partial charge on any atom is 0.0210 e. The second-order valence-corrected chi connectivity index (χ2v) is 3.24. The Morgan fingerprint density at radius 1 is 1.67 bits per heavy atom. The molecular formula is C8H13N. The molecule has 1 heteroatoms. The minimum atomic E-state index is 0.913.